The van der Waals surface area contributed by atoms with Crippen LogP contribution in [-0.2, 0) is 0 Å². The molecular formula is C26H34N2. The number of hydrogen-bond acceptors (Lipinski definition) is 2. The Kier molecular flexibility index (Phi) is 5.43. The molecule has 0 radical (unpaired) electrons. The molecule has 148 valence electrons. The van der Waals surface area contributed by atoms with Crippen LogP contribution in [0.3, 0.4) is 0 Å². The molecule has 2 heteroatoms. The smallest absolute Gasteiger partial charge is 0.0475 e. The lowest BCUT2D eigenvalue weighted by molar-refractivity contribution is 0.289. The van der Waals surface area contributed by atoms with E-state index in [-0.39, 0.29) is 11.0 Å². The minimum Gasteiger partial charge on any atom is -0.347 e. The zero-order valence-corrected chi connectivity index (χ0v) is 18.2. The maximum atomic E-state index is 2.35. The lowest BCUT2D eigenvalue weighted by Crippen LogP contribution is -2.46. The third-order valence-electron chi connectivity index (χ3n) is 6.23. The maximum absolute atomic E-state index is 2.35. The van der Waals surface area contributed by atoms with E-state index >= 15 is 0 Å². The van der Waals surface area contributed by atoms with E-state index in [0.717, 1.165) is 6.54 Å². The topological polar surface area (TPSA) is 6.48 Å². The molecule has 0 N–H and O–H groups in total. The van der Waals surface area contributed by atoms with E-state index < -0.39 is 0 Å². The van der Waals surface area contributed by atoms with E-state index in [9.17, 15) is 0 Å². The summed E-state index contributed by atoms with van der Waals surface area (Å²) >= 11 is 0. The fraction of sp³-hybridized carbons (Fsp3) is 0.385. The largest absolute Gasteiger partial charge is 0.347 e. The van der Waals surface area contributed by atoms with Crippen LogP contribution in [0.25, 0.3) is 0 Å². The maximum Gasteiger partial charge on any atom is 0.0475 e. The molecule has 0 atom stereocenters. The zero-order chi connectivity index (χ0) is 20.4. The van der Waals surface area contributed by atoms with Crippen LogP contribution in [0.4, 0.5) is 11.4 Å². The molecule has 0 fully saturated rings. The molecule has 2 nitrogen and oxygen atoms in total. The van der Waals surface area contributed by atoms with Gasteiger partial charge in [-0.3, -0.25) is 0 Å². The van der Waals surface area contributed by atoms with Gasteiger partial charge in [0.2, 0.25) is 0 Å². The summed E-state index contributed by atoms with van der Waals surface area (Å²) in [4.78, 5) is 4.65. The van der Waals surface area contributed by atoms with E-state index in [0.29, 0.717) is 5.41 Å². The Morgan fingerprint density at radius 3 is 1.61 bits per heavy atom. The molecule has 2 aromatic rings. The van der Waals surface area contributed by atoms with Crippen LogP contribution in [0, 0.1) is 10.8 Å². The number of rotatable bonds is 2. The van der Waals surface area contributed by atoms with Crippen LogP contribution in [0.2, 0.25) is 0 Å². The average molecular weight is 375 g/mol. The second-order valence-electron chi connectivity index (χ2n) is 9.57. The molecular weight excluding hydrogens is 340 g/mol. The van der Waals surface area contributed by atoms with E-state index in [2.05, 4.69) is 137 Å². The number of hydrogen-bond donors (Lipinski definition) is 0. The van der Waals surface area contributed by atoms with Gasteiger partial charge in [0.25, 0.3) is 0 Å². The normalized spacial score (nSPS) is 20.8. The van der Waals surface area contributed by atoms with Crippen LogP contribution < -0.4 is 9.80 Å². The number of para-hydroxylation sites is 2. The Balaban J connectivity index is 0.000000162. The molecule has 0 saturated heterocycles. The first-order valence-electron chi connectivity index (χ1n) is 10.2. The summed E-state index contributed by atoms with van der Waals surface area (Å²) < 4.78 is 0. The highest BCUT2D eigenvalue weighted by molar-refractivity contribution is 5.55. The first kappa shape index (κ1) is 20.3. The first-order valence-corrected chi connectivity index (χ1v) is 10.2. The molecule has 2 aliphatic rings. The van der Waals surface area contributed by atoms with Crippen molar-refractivity contribution < 1.29 is 0 Å². The Bertz CT molecular complexity index is 829. The molecule has 0 aromatic heterocycles. The first-order chi connectivity index (χ1) is 13.1. The molecule has 2 aliphatic heterocycles. The van der Waals surface area contributed by atoms with Crippen molar-refractivity contribution in [2.75, 3.05) is 16.3 Å². The summed E-state index contributed by atoms with van der Waals surface area (Å²) in [7, 11) is 0. The molecule has 0 amide bonds. The number of nitrogens with zero attached hydrogens (tertiary/aromatic N) is 2. The lowest BCUT2D eigenvalue weighted by atomic mass is 9.76. The van der Waals surface area contributed by atoms with Crippen LogP contribution in [0.1, 0.15) is 41.5 Å². The van der Waals surface area contributed by atoms with Crippen LogP contribution >= 0.6 is 0 Å². The van der Waals surface area contributed by atoms with Crippen molar-refractivity contribution in [1.29, 1.82) is 0 Å². The van der Waals surface area contributed by atoms with Crippen LogP contribution in [0.5, 0.6) is 0 Å². The van der Waals surface area contributed by atoms with Gasteiger partial charge in [-0.1, -0.05) is 76.2 Å². The van der Waals surface area contributed by atoms with Gasteiger partial charge in [0, 0.05) is 46.7 Å². The number of benzene rings is 2. The summed E-state index contributed by atoms with van der Waals surface area (Å²) in [5.41, 5.74) is 3.21. The SMILES string of the molecule is CC1(C)C=CN(c2ccccc2)C1.CC1(C)C=CN(c2ccccc2)C1(C)C. The molecule has 2 aromatic carbocycles. The summed E-state index contributed by atoms with van der Waals surface area (Å²) in [5.74, 6) is 0. The summed E-state index contributed by atoms with van der Waals surface area (Å²) in [6.07, 6.45) is 8.94. The Morgan fingerprint density at radius 2 is 1.18 bits per heavy atom. The summed E-state index contributed by atoms with van der Waals surface area (Å²) in [5, 5.41) is 0. The van der Waals surface area contributed by atoms with Crippen molar-refractivity contribution in [3.63, 3.8) is 0 Å². The second-order valence-corrected chi connectivity index (χ2v) is 9.57. The quantitative estimate of drug-likeness (QED) is 0.566. The molecule has 0 spiro atoms. The Hall–Kier alpha value is -2.48. The molecule has 4 rings (SSSR count). The lowest BCUT2D eigenvalue weighted by Gasteiger charge is -2.42. The van der Waals surface area contributed by atoms with Crippen molar-refractivity contribution in [2.45, 2.75) is 47.1 Å². The van der Waals surface area contributed by atoms with Crippen molar-refractivity contribution in [1.82, 2.24) is 0 Å². The number of anilines is 2. The zero-order valence-electron chi connectivity index (χ0n) is 18.2. The van der Waals surface area contributed by atoms with Gasteiger partial charge >= 0.3 is 0 Å². The van der Waals surface area contributed by atoms with Crippen LogP contribution in [0.15, 0.2) is 85.2 Å². The highest BCUT2D eigenvalue weighted by atomic mass is 15.2. The van der Waals surface area contributed by atoms with E-state index in [1.165, 1.54) is 11.4 Å². The van der Waals surface area contributed by atoms with Gasteiger partial charge in [-0.15, -0.1) is 0 Å². The van der Waals surface area contributed by atoms with Gasteiger partial charge in [0.15, 0.2) is 0 Å². The van der Waals surface area contributed by atoms with E-state index in [1.807, 2.05) is 0 Å². The third-order valence-corrected chi connectivity index (χ3v) is 6.23. The van der Waals surface area contributed by atoms with Crippen LogP contribution in [-0.4, -0.2) is 12.1 Å². The second kappa shape index (κ2) is 7.50. The van der Waals surface area contributed by atoms with Crippen molar-refractivity contribution in [3.05, 3.63) is 85.2 Å². The predicted octanol–water partition coefficient (Wildman–Crippen LogP) is 6.87. The van der Waals surface area contributed by atoms with Gasteiger partial charge in [-0.25, -0.2) is 0 Å². The highest BCUT2D eigenvalue weighted by Gasteiger charge is 2.43. The monoisotopic (exact) mass is 374 g/mol. The van der Waals surface area contributed by atoms with Gasteiger partial charge in [-0.05, 0) is 38.1 Å². The average Bonchev–Trinajstić information content (AvgIpc) is 3.13. The Morgan fingerprint density at radius 1 is 0.643 bits per heavy atom. The fourth-order valence-corrected chi connectivity index (χ4v) is 3.59. The predicted molar refractivity (Wildman–Crippen MR) is 123 cm³/mol. The van der Waals surface area contributed by atoms with Gasteiger partial charge < -0.3 is 9.80 Å². The van der Waals surface area contributed by atoms with E-state index in [4.69, 9.17) is 0 Å². The molecule has 0 unspecified atom stereocenters. The summed E-state index contributed by atoms with van der Waals surface area (Å²) in [6, 6.07) is 21.0. The van der Waals surface area contributed by atoms with Crippen molar-refractivity contribution >= 4 is 11.4 Å². The minimum atomic E-state index is 0.133. The van der Waals surface area contributed by atoms with Crippen molar-refractivity contribution in [2.24, 2.45) is 10.8 Å². The minimum absolute atomic E-state index is 0.133. The van der Waals surface area contributed by atoms with Crippen molar-refractivity contribution in [3.8, 4) is 0 Å². The summed E-state index contributed by atoms with van der Waals surface area (Å²) in [6.45, 7) is 14.7. The highest BCUT2D eigenvalue weighted by Crippen LogP contribution is 2.44. The molecule has 28 heavy (non-hydrogen) atoms. The molecule has 0 bridgehead atoms. The Labute approximate surface area is 171 Å². The molecule has 0 saturated carbocycles. The van der Waals surface area contributed by atoms with E-state index in [1.54, 1.807) is 0 Å². The van der Waals surface area contributed by atoms with Gasteiger partial charge in [0.1, 0.15) is 0 Å². The molecule has 0 aliphatic carbocycles. The standard InChI is InChI=1S/C14H19N.C12H15N/c1-13(2)10-11-15(14(13,3)4)12-8-6-5-7-9-12;1-12(2)8-9-13(10-12)11-6-4-3-5-7-11/h5-11H,1-4H3;3-9H,10H2,1-2H3. The molecule has 2 heterocycles. The van der Waals surface area contributed by atoms with Gasteiger partial charge in [0.05, 0.1) is 0 Å². The fourth-order valence-electron chi connectivity index (χ4n) is 3.59. The van der Waals surface area contributed by atoms with Gasteiger partial charge in [-0.2, -0.15) is 0 Å². The third kappa shape index (κ3) is 4.16.